The third-order valence-electron chi connectivity index (χ3n) is 5.41. The van der Waals surface area contributed by atoms with Crippen molar-refractivity contribution in [2.75, 3.05) is 0 Å². The fourth-order valence-corrected chi connectivity index (χ4v) is 4.37. The second-order valence-corrected chi connectivity index (χ2v) is 6.22. The van der Waals surface area contributed by atoms with Crippen molar-refractivity contribution >= 4 is 0 Å². The highest BCUT2D eigenvalue weighted by Gasteiger charge is 2.47. The zero-order chi connectivity index (χ0) is 9.76. The molecule has 2 bridgehead atoms. The van der Waals surface area contributed by atoms with Gasteiger partial charge in [0.1, 0.15) is 0 Å². The Morgan fingerprint density at radius 2 is 2.07 bits per heavy atom. The van der Waals surface area contributed by atoms with Gasteiger partial charge >= 0.3 is 0 Å². The van der Waals surface area contributed by atoms with Crippen LogP contribution in [-0.4, -0.2) is 0 Å². The Hall–Kier alpha value is -0.260. The first kappa shape index (κ1) is 9.00. The molecule has 2 fully saturated rings. The Kier molecular flexibility index (Phi) is 1.84. The van der Waals surface area contributed by atoms with Crippen LogP contribution in [0.4, 0.5) is 0 Å². The average molecular weight is 190 g/mol. The minimum absolute atomic E-state index is 0.572. The summed E-state index contributed by atoms with van der Waals surface area (Å²) in [5.74, 6) is 3.99. The Bertz CT molecular complexity index is 265. The van der Waals surface area contributed by atoms with Gasteiger partial charge in [-0.15, -0.1) is 0 Å². The highest BCUT2D eigenvalue weighted by Crippen LogP contribution is 2.57. The normalized spacial score (nSPS) is 55.9. The standard InChI is InChI=1S/C14H22/c1-10-3-4-13-12(10)9-11-5-7-14(13,2)8-6-11/h5,7,10-13H,3-4,6,8-9H2,1-2H3. The average Bonchev–Trinajstić information content (AvgIpc) is 2.41. The molecule has 5 unspecified atom stereocenters. The van der Waals surface area contributed by atoms with E-state index in [0.29, 0.717) is 5.41 Å². The molecule has 4 rings (SSSR count). The lowest BCUT2D eigenvalue weighted by molar-refractivity contribution is 0.185. The van der Waals surface area contributed by atoms with E-state index in [0.717, 1.165) is 23.7 Å². The monoisotopic (exact) mass is 190 g/mol. The van der Waals surface area contributed by atoms with Crippen LogP contribution in [-0.2, 0) is 0 Å². The van der Waals surface area contributed by atoms with E-state index in [4.69, 9.17) is 0 Å². The van der Waals surface area contributed by atoms with Crippen LogP contribution in [0.1, 0.15) is 46.0 Å². The number of hydrogen-bond acceptors (Lipinski definition) is 0. The quantitative estimate of drug-likeness (QED) is 0.506. The summed E-state index contributed by atoms with van der Waals surface area (Å²) in [6.45, 7) is 5.00. The molecule has 0 saturated heterocycles. The first-order valence-corrected chi connectivity index (χ1v) is 6.38. The van der Waals surface area contributed by atoms with Gasteiger partial charge in [0.25, 0.3) is 0 Å². The summed E-state index contributed by atoms with van der Waals surface area (Å²) in [6.07, 6.45) is 12.5. The van der Waals surface area contributed by atoms with Crippen LogP contribution in [0.15, 0.2) is 12.2 Å². The molecule has 4 aliphatic carbocycles. The van der Waals surface area contributed by atoms with Crippen molar-refractivity contribution in [3.05, 3.63) is 12.2 Å². The van der Waals surface area contributed by atoms with Gasteiger partial charge in [0.2, 0.25) is 0 Å². The van der Waals surface area contributed by atoms with E-state index in [2.05, 4.69) is 26.0 Å². The highest BCUT2D eigenvalue weighted by atomic mass is 14.5. The van der Waals surface area contributed by atoms with Crippen LogP contribution in [0.3, 0.4) is 0 Å². The van der Waals surface area contributed by atoms with Crippen molar-refractivity contribution in [1.29, 1.82) is 0 Å². The molecule has 78 valence electrons. The van der Waals surface area contributed by atoms with Gasteiger partial charge in [0.05, 0.1) is 0 Å². The second kappa shape index (κ2) is 2.87. The molecule has 0 aromatic rings. The van der Waals surface area contributed by atoms with Crippen molar-refractivity contribution in [3.63, 3.8) is 0 Å². The predicted molar refractivity (Wildman–Crippen MR) is 60.0 cm³/mol. The number of fused-ring (bicyclic) bond motifs is 1. The van der Waals surface area contributed by atoms with E-state index in [1.165, 1.54) is 32.1 Å². The molecule has 0 heterocycles. The van der Waals surface area contributed by atoms with Crippen LogP contribution in [0, 0.1) is 29.1 Å². The van der Waals surface area contributed by atoms with Crippen LogP contribution in [0.5, 0.6) is 0 Å². The summed E-state index contributed by atoms with van der Waals surface area (Å²) in [6, 6.07) is 0. The van der Waals surface area contributed by atoms with Crippen molar-refractivity contribution in [3.8, 4) is 0 Å². The first-order chi connectivity index (χ1) is 6.69. The van der Waals surface area contributed by atoms with E-state index < -0.39 is 0 Å². The Balaban J connectivity index is 1.98. The summed E-state index contributed by atoms with van der Waals surface area (Å²) < 4.78 is 0. The van der Waals surface area contributed by atoms with E-state index in [1.807, 2.05) is 0 Å². The van der Waals surface area contributed by atoms with Gasteiger partial charge in [0, 0.05) is 0 Å². The summed E-state index contributed by atoms with van der Waals surface area (Å²) >= 11 is 0. The smallest absolute Gasteiger partial charge is 0.0115 e. The molecule has 0 aromatic carbocycles. The van der Waals surface area contributed by atoms with E-state index in [-0.39, 0.29) is 0 Å². The van der Waals surface area contributed by atoms with E-state index >= 15 is 0 Å². The molecule has 14 heavy (non-hydrogen) atoms. The lowest BCUT2D eigenvalue weighted by atomic mass is 9.69. The first-order valence-electron chi connectivity index (χ1n) is 6.38. The zero-order valence-corrected chi connectivity index (χ0v) is 9.50. The maximum atomic E-state index is 2.57. The molecule has 0 heteroatoms. The predicted octanol–water partition coefficient (Wildman–Crippen LogP) is 4.02. The summed E-state index contributed by atoms with van der Waals surface area (Å²) in [5, 5.41) is 0. The SMILES string of the molecule is CC1CCC2C1CC1C=CC2(C)CC1. The van der Waals surface area contributed by atoms with Crippen molar-refractivity contribution < 1.29 is 0 Å². The largest absolute Gasteiger partial charge is 0.0849 e. The molecule has 2 saturated carbocycles. The molecule has 4 aliphatic rings. The molecule has 0 N–H and O–H groups in total. The fraction of sp³-hybridized carbons (Fsp3) is 0.857. The lowest BCUT2D eigenvalue weighted by Crippen LogP contribution is -2.27. The number of rotatable bonds is 0. The zero-order valence-electron chi connectivity index (χ0n) is 9.50. The van der Waals surface area contributed by atoms with E-state index in [9.17, 15) is 0 Å². The summed E-state index contributed by atoms with van der Waals surface area (Å²) in [7, 11) is 0. The van der Waals surface area contributed by atoms with Gasteiger partial charge in [-0.3, -0.25) is 0 Å². The molecular weight excluding hydrogens is 168 g/mol. The van der Waals surface area contributed by atoms with Gasteiger partial charge in [-0.05, 0) is 54.8 Å². The van der Waals surface area contributed by atoms with Gasteiger partial charge in [-0.2, -0.15) is 0 Å². The van der Waals surface area contributed by atoms with Crippen LogP contribution in [0.25, 0.3) is 0 Å². The van der Waals surface area contributed by atoms with Gasteiger partial charge in [-0.25, -0.2) is 0 Å². The highest BCUT2D eigenvalue weighted by molar-refractivity contribution is 5.13. The molecular formula is C14H22. The van der Waals surface area contributed by atoms with Gasteiger partial charge in [-0.1, -0.05) is 32.4 Å². The molecule has 0 spiro atoms. The Morgan fingerprint density at radius 1 is 1.21 bits per heavy atom. The minimum atomic E-state index is 0.572. The van der Waals surface area contributed by atoms with Crippen LogP contribution in [0.2, 0.25) is 0 Å². The molecule has 0 aliphatic heterocycles. The topological polar surface area (TPSA) is 0 Å². The third kappa shape index (κ3) is 1.12. The third-order valence-corrected chi connectivity index (χ3v) is 5.41. The van der Waals surface area contributed by atoms with Gasteiger partial charge < -0.3 is 0 Å². The number of allylic oxidation sites excluding steroid dienone is 2. The summed E-state index contributed by atoms with van der Waals surface area (Å²) in [5.41, 5.74) is 0.572. The Labute approximate surface area is 87.8 Å². The fourth-order valence-electron chi connectivity index (χ4n) is 4.37. The summed E-state index contributed by atoms with van der Waals surface area (Å²) in [4.78, 5) is 0. The van der Waals surface area contributed by atoms with Gasteiger partial charge in [0.15, 0.2) is 0 Å². The minimum Gasteiger partial charge on any atom is -0.0849 e. The van der Waals surface area contributed by atoms with Crippen LogP contribution < -0.4 is 0 Å². The molecule has 0 aromatic heterocycles. The second-order valence-electron chi connectivity index (χ2n) is 6.22. The van der Waals surface area contributed by atoms with Crippen LogP contribution >= 0.6 is 0 Å². The maximum Gasteiger partial charge on any atom is -0.0115 e. The number of hydrogen-bond donors (Lipinski definition) is 0. The lowest BCUT2D eigenvalue weighted by Gasteiger charge is -2.35. The molecule has 5 atom stereocenters. The van der Waals surface area contributed by atoms with Crippen molar-refractivity contribution in [2.24, 2.45) is 29.1 Å². The van der Waals surface area contributed by atoms with Crippen molar-refractivity contribution in [1.82, 2.24) is 0 Å². The molecule has 0 amide bonds. The molecule has 0 radical (unpaired) electrons. The molecule has 0 nitrogen and oxygen atoms in total. The Morgan fingerprint density at radius 3 is 2.79 bits per heavy atom. The van der Waals surface area contributed by atoms with Crippen molar-refractivity contribution in [2.45, 2.75) is 46.0 Å². The van der Waals surface area contributed by atoms with E-state index in [1.54, 1.807) is 0 Å². The maximum absolute atomic E-state index is 2.57.